The first-order valence-corrected chi connectivity index (χ1v) is 8.51. The van der Waals surface area contributed by atoms with Crippen LogP contribution in [0.4, 0.5) is 0 Å². The predicted molar refractivity (Wildman–Crippen MR) is 92.7 cm³/mol. The highest BCUT2D eigenvalue weighted by molar-refractivity contribution is 6.32. The average molecular weight is 363 g/mol. The summed E-state index contributed by atoms with van der Waals surface area (Å²) in [5, 5.41) is 3.41. The van der Waals surface area contributed by atoms with Gasteiger partial charge in [-0.3, -0.25) is 9.59 Å². The first-order chi connectivity index (χ1) is 12.1. The van der Waals surface area contributed by atoms with Gasteiger partial charge >= 0.3 is 0 Å². The number of benzene rings is 1. The summed E-state index contributed by atoms with van der Waals surface area (Å²) in [5.41, 5.74) is 0. The summed E-state index contributed by atoms with van der Waals surface area (Å²) in [5.74, 6) is 0.515. The molecule has 0 bridgehead atoms. The van der Waals surface area contributed by atoms with Gasteiger partial charge in [0, 0.05) is 19.1 Å². The molecule has 1 aliphatic heterocycles. The maximum absolute atomic E-state index is 12.2. The van der Waals surface area contributed by atoms with Crippen molar-refractivity contribution < 1.29 is 18.7 Å². The van der Waals surface area contributed by atoms with Crippen LogP contribution >= 0.6 is 11.6 Å². The smallest absolute Gasteiger partial charge is 0.289 e. The van der Waals surface area contributed by atoms with Crippen molar-refractivity contribution >= 4 is 23.4 Å². The van der Waals surface area contributed by atoms with Crippen molar-refractivity contribution in [2.75, 3.05) is 19.7 Å². The normalized spacial score (nSPS) is 15.0. The van der Waals surface area contributed by atoms with E-state index in [1.165, 1.54) is 6.26 Å². The van der Waals surface area contributed by atoms with Crippen LogP contribution in [0, 0.1) is 0 Å². The summed E-state index contributed by atoms with van der Waals surface area (Å²) in [6, 6.07) is 10.4. The fourth-order valence-electron chi connectivity index (χ4n) is 2.76. The lowest BCUT2D eigenvalue weighted by molar-refractivity contribution is -0.124. The van der Waals surface area contributed by atoms with E-state index in [-0.39, 0.29) is 24.5 Å². The summed E-state index contributed by atoms with van der Waals surface area (Å²) in [7, 11) is 0. The Bertz CT molecular complexity index is 724. The number of piperidine rings is 1. The number of nitrogens with one attached hydrogen (secondary N) is 1. The summed E-state index contributed by atoms with van der Waals surface area (Å²) in [6.45, 7) is 1.07. The maximum atomic E-state index is 12.2. The van der Waals surface area contributed by atoms with Gasteiger partial charge in [-0.1, -0.05) is 23.7 Å². The second-order valence-corrected chi connectivity index (χ2v) is 6.24. The number of hydrogen-bond donors (Lipinski definition) is 1. The molecule has 0 radical (unpaired) electrons. The molecule has 2 heterocycles. The second-order valence-electron chi connectivity index (χ2n) is 5.83. The van der Waals surface area contributed by atoms with Crippen LogP contribution in [0.1, 0.15) is 23.4 Å². The number of hydrogen-bond acceptors (Lipinski definition) is 4. The molecular weight excluding hydrogens is 344 g/mol. The molecule has 1 saturated heterocycles. The molecule has 0 spiro atoms. The van der Waals surface area contributed by atoms with Gasteiger partial charge in [0.15, 0.2) is 12.4 Å². The maximum Gasteiger partial charge on any atom is 0.289 e. The van der Waals surface area contributed by atoms with Crippen molar-refractivity contribution in [3.8, 4) is 5.75 Å². The molecule has 1 aliphatic rings. The van der Waals surface area contributed by atoms with Gasteiger partial charge in [0.05, 0.1) is 11.3 Å². The Morgan fingerprint density at radius 3 is 2.64 bits per heavy atom. The molecule has 0 aliphatic carbocycles. The Balaban J connectivity index is 1.42. The molecule has 25 heavy (non-hydrogen) atoms. The van der Waals surface area contributed by atoms with Crippen LogP contribution < -0.4 is 10.1 Å². The van der Waals surface area contributed by atoms with Crippen LogP contribution in [-0.2, 0) is 4.79 Å². The predicted octanol–water partition coefficient (Wildman–Crippen LogP) is 2.73. The van der Waals surface area contributed by atoms with Gasteiger partial charge in [-0.2, -0.15) is 0 Å². The van der Waals surface area contributed by atoms with Crippen molar-refractivity contribution in [3.63, 3.8) is 0 Å². The summed E-state index contributed by atoms with van der Waals surface area (Å²) >= 11 is 5.99. The molecule has 0 saturated carbocycles. The lowest BCUT2D eigenvalue weighted by atomic mass is 10.0. The number of para-hydroxylation sites is 1. The number of furan rings is 1. The molecule has 1 fully saturated rings. The van der Waals surface area contributed by atoms with Crippen LogP contribution in [0.3, 0.4) is 0 Å². The molecule has 0 unspecified atom stereocenters. The summed E-state index contributed by atoms with van der Waals surface area (Å²) < 4.78 is 10.6. The Morgan fingerprint density at radius 1 is 1.20 bits per heavy atom. The monoisotopic (exact) mass is 362 g/mol. The van der Waals surface area contributed by atoms with Crippen molar-refractivity contribution in [3.05, 3.63) is 53.4 Å². The van der Waals surface area contributed by atoms with E-state index in [9.17, 15) is 9.59 Å². The van der Waals surface area contributed by atoms with E-state index in [2.05, 4.69) is 5.32 Å². The van der Waals surface area contributed by atoms with Crippen molar-refractivity contribution in [1.29, 1.82) is 0 Å². The number of rotatable bonds is 5. The SMILES string of the molecule is O=C(COc1ccccc1Cl)NC1CCN(C(=O)c2ccco2)CC1. The van der Waals surface area contributed by atoms with E-state index in [0.717, 1.165) is 0 Å². The number of carbonyl (C=O) groups excluding carboxylic acids is 2. The Morgan fingerprint density at radius 2 is 1.96 bits per heavy atom. The van der Waals surface area contributed by atoms with Crippen molar-refractivity contribution in [1.82, 2.24) is 10.2 Å². The minimum absolute atomic E-state index is 0.0306. The molecule has 2 amide bonds. The van der Waals surface area contributed by atoms with E-state index in [0.29, 0.717) is 42.5 Å². The van der Waals surface area contributed by atoms with Gasteiger partial charge in [-0.25, -0.2) is 0 Å². The zero-order valence-corrected chi connectivity index (χ0v) is 14.4. The molecule has 0 atom stereocenters. The fourth-order valence-corrected chi connectivity index (χ4v) is 2.95. The molecule has 2 aromatic rings. The highest BCUT2D eigenvalue weighted by Crippen LogP contribution is 2.23. The third-order valence-corrected chi connectivity index (χ3v) is 4.39. The fraction of sp³-hybridized carbons (Fsp3) is 0.333. The Kier molecular flexibility index (Phi) is 5.60. The van der Waals surface area contributed by atoms with Crippen LogP contribution in [-0.4, -0.2) is 42.5 Å². The molecule has 1 aromatic heterocycles. The quantitative estimate of drug-likeness (QED) is 0.887. The van der Waals surface area contributed by atoms with Gasteiger partial charge in [-0.05, 0) is 37.1 Å². The minimum Gasteiger partial charge on any atom is -0.482 e. The van der Waals surface area contributed by atoms with Gasteiger partial charge in [0.2, 0.25) is 0 Å². The molecule has 3 rings (SSSR count). The van der Waals surface area contributed by atoms with Crippen LogP contribution in [0.5, 0.6) is 5.75 Å². The van der Waals surface area contributed by atoms with E-state index in [1.807, 2.05) is 0 Å². The standard InChI is InChI=1S/C18H19ClN2O4/c19-14-4-1-2-5-15(14)25-12-17(22)20-13-7-9-21(10-8-13)18(23)16-6-3-11-24-16/h1-6,11,13H,7-10,12H2,(H,20,22). The number of halogens is 1. The Labute approximate surface area is 150 Å². The number of ether oxygens (including phenoxy) is 1. The van der Waals surface area contributed by atoms with E-state index < -0.39 is 0 Å². The minimum atomic E-state index is -0.198. The van der Waals surface area contributed by atoms with Gasteiger partial charge in [0.1, 0.15) is 5.75 Å². The van der Waals surface area contributed by atoms with Crippen molar-refractivity contribution in [2.24, 2.45) is 0 Å². The number of carbonyl (C=O) groups is 2. The van der Waals surface area contributed by atoms with E-state index in [1.54, 1.807) is 41.3 Å². The average Bonchev–Trinajstić information content (AvgIpc) is 3.16. The third-order valence-electron chi connectivity index (χ3n) is 4.07. The topological polar surface area (TPSA) is 71.8 Å². The molecular formula is C18H19ClN2O4. The van der Waals surface area contributed by atoms with E-state index >= 15 is 0 Å². The largest absolute Gasteiger partial charge is 0.482 e. The number of amides is 2. The first kappa shape index (κ1) is 17.4. The molecule has 1 aromatic carbocycles. The van der Waals surface area contributed by atoms with Gasteiger partial charge in [-0.15, -0.1) is 0 Å². The van der Waals surface area contributed by atoms with Gasteiger partial charge in [0.25, 0.3) is 11.8 Å². The lowest BCUT2D eigenvalue weighted by Gasteiger charge is -2.31. The Hall–Kier alpha value is -2.47. The zero-order valence-electron chi connectivity index (χ0n) is 13.6. The zero-order chi connectivity index (χ0) is 17.6. The van der Waals surface area contributed by atoms with Gasteiger partial charge < -0.3 is 19.4 Å². The second kappa shape index (κ2) is 8.07. The highest BCUT2D eigenvalue weighted by atomic mass is 35.5. The molecule has 6 nitrogen and oxygen atoms in total. The van der Waals surface area contributed by atoms with Crippen molar-refractivity contribution in [2.45, 2.75) is 18.9 Å². The number of likely N-dealkylation sites (tertiary alicyclic amines) is 1. The van der Waals surface area contributed by atoms with Crippen LogP contribution in [0.2, 0.25) is 5.02 Å². The first-order valence-electron chi connectivity index (χ1n) is 8.13. The van der Waals surface area contributed by atoms with Crippen LogP contribution in [0.15, 0.2) is 47.1 Å². The third kappa shape index (κ3) is 4.54. The molecule has 1 N–H and O–H groups in total. The molecule has 7 heteroatoms. The van der Waals surface area contributed by atoms with E-state index in [4.69, 9.17) is 20.8 Å². The molecule has 132 valence electrons. The number of nitrogens with zero attached hydrogens (tertiary/aromatic N) is 1. The summed E-state index contributed by atoms with van der Waals surface area (Å²) in [4.78, 5) is 26.0. The highest BCUT2D eigenvalue weighted by Gasteiger charge is 2.25. The van der Waals surface area contributed by atoms with Crippen LogP contribution in [0.25, 0.3) is 0 Å². The lowest BCUT2D eigenvalue weighted by Crippen LogP contribution is -2.47. The summed E-state index contributed by atoms with van der Waals surface area (Å²) in [6.07, 6.45) is 2.88.